The van der Waals surface area contributed by atoms with Crippen molar-refractivity contribution in [1.29, 1.82) is 0 Å². The van der Waals surface area contributed by atoms with Crippen LogP contribution < -0.4 is 5.43 Å². The van der Waals surface area contributed by atoms with E-state index in [4.69, 9.17) is 12.2 Å². The lowest BCUT2D eigenvalue weighted by Crippen LogP contribution is -2.22. The van der Waals surface area contributed by atoms with Crippen molar-refractivity contribution in [2.45, 2.75) is 0 Å². The Labute approximate surface area is 163 Å². The normalized spacial score (nSPS) is 13.7. The van der Waals surface area contributed by atoms with Crippen LogP contribution in [0.3, 0.4) is 0 Å². The minimum atomic E-state index is -0.579. The quantitative estimate of drug-likeness (QED) is 0.576. The molecule has 1 amide bonds. The zero-order chi connectivity index (χ0) is 19.0. The standard InChI is InChI=1S/C19H13N3O3S2/c23-15-8-4-2-6-13(15)17(24)21-22-18(25)16(27-19(22)26)9-11-10-20-14-7-3-1-5-12(11)14/h1-10,23,25H,(H,21,24). The summed E-state index contributed by atoms with van der Waals surface area (Å²) in [6.45, 7) is 0. The molecule has 134 valence electrons. The van der Waals surface area contributed by atoms with Crippen LogP contribution in [0.25, 0.3) is 11.6 Å². The summed E-state index contributed by atoms with van der Waals surface area (Å²) in [7, 11) is 0. The van der Waals surface area contributed by atoms with Crippen LogP contribution in [-0.4, -0.2) is 27.0 Å². The number of carbonyl (C=O) groups is 1. The van der Waals surface area contributed by atoms with Gasteiger partial charge in [0.2, 0.25) is 5.88 Å². The number of amides is 1. The zero-order valence-electron chi connectivity index (χ0n) is 13.8. The monoisotopic (exact) mass is 395 g/mol. The summed E-state index contributed by atoms with van der Waals surface area (Å²) in [5.74, 6) is -0.916. The van der Waals surface area contributed by atoms with Gasteiger partial charge in [0.1, 0.15) is 5.75 Å². The largest absolute Gasteiger partial charge is 0.507 e. The average molecular weight is 395 g/mol. The Balaban J connectivity index is 1.67. The fraction of sp³-hybridized carbons (Fsp3) is 0. The molecule has 0 radical (unpaired) electrons. The minimum absolute atomic E-state index is 0.0850. The number of phenols is 1. The van der Waals surface area contributed by atoms with Gasteiger partial charge < -0.3 is 10.2 Å². The van der Waals surface area contributed by atoms with Gasteiger partial charge in [-0.2, -0.15) is 4.68 Å². The summed E-state index contributed by atoms with van der Waals surface area (Å²) in [5, 5.41) is 20.3. The van der Waals surface area contributed by atoms with Crippen molar-refractivity contribution in [3.05, 3.63) is 68.5 Å². The molecule has 8 heteroatoms. The smallest absolute Gasteiger partial charge is 0.274 e. The van der Waals surface area contributed by atoms with Gasteiger partial charge >= 0.3 is 0 Å². The number of nitrogens with zero attached hydrogens (tertiary/aromatic N) is 2. The van der Waals surface area contributed by atoms with Gasteiger partial charge in [-0.25, -0.2) is 0 Å². The first-order valence-corrected chi connectivity index (χ1v) is 9.16. The number of carbonyl (C=O) groups excluding carboxylic acids is 1. The second kappa shape index (κ2) is 6.82. The summed E-state index contributed by atoms with van der Waals surface area (Å²) in [6.07, 6.45) is 3.49. The van der Waals surface area contributed by atoms with Crippen LogP contribution in [-0.2, 0) is 0 Å². The van der Waals surface area contributed by atoms with Crippen molar-refractivity contribution >= 4 is 53.0 Å². The molecule has 3 N–H and O–H groups in total. The summed E-state index contributed by atoms with van der Waals surface area (Å²) in [6, 6.07) is 13.8. The number of fused-ring (bicyclic) bond motifs is 1. The van der Waals surface area contributed by atoms with Crippen LogP contribution in [0.15, 0.2) is 53.5 Å². The molecule has 27 heavy (non-hydrogen) atoms. The van der Waals surface area contributed by atoms with Crippen LogP contribution in [0.5, 0.6) is 11.6 Å². The molecule has 0 aliphatic carbocycles. The zero-order valence-corrected chi connectivity index (χ0v) is 15.4. The molecule has 0 unspecified atom stereocenters. The Morgan fingerprint density at radius 1 is 1.15 bits per heavy atom. The fourth-order valence-corrected chi connectivity index (χ4v) is 3.88. The lowest BCUT2D eigenvalue weighted by molar-refractivity contribution is 0.100. The number of aliphatic imine (C=N–C) groups is 1. The van der Waals surface area contributed by atoms with Gasteiger partial charge in [-0.1, -0.05) is 41.7 Å². The van der Waals surface area contributed by atoms with E-state index in [2.05, 4.69) is 10.4 Å². The number of phenolic OH excluding ortho intramolecular Hbond substituents is 1. The molecule has 0 saturated heterocycles. The number of allylic oxidation sites excluding steroid dienone is 1. The van der Waals surface area contributed by atoms with Crippen molar-refractivity contribution in [3.63, 3.8) is 0 Å². The van der Waals surface area contributed by atoms with Gasteiger partial charge in [0.05, 0.1) is 16.1 Å². The third-order valence-corrected chi connectivity index (χ3v) is 5.33. The predicted octanol–water partition coefficient (Wildman–Crippen LogP) is 4.33. The number of para-hydroxylation sites is 2. The first kappa shape index (κ1) is 17.2. The van der Waals surface area contributed by atoms with Crippen LogP contribution in [0.4, 0.5) is 5.69 Å². The van der Waals surface area contributed by atoms with Crippen molar-refractivity contribution in [3.8, 4) is 11.6 Å². The molecule has 1 aliphatic heterocycles. The summed E-state index contributed by atoms with van der Waals surface area (Å²) in [5.41, 5.74) is 5.26. The van der Waals surface area contributed by atoms with Crippen molar-refractivity contribution in [2.24, 2.45) is 4.99 Å². The Hall–Kier alpha value is -3.23. The number of aromatic nitrogens is 1. The number of hydrogen-bond acceptors (Lipinski definition) is 6. The Kier molecular flexibility index (Phi) is 4.35. The molecule has 6 nitrogen and oxygen atoms in total. The number of nitrogens with one attached hydrogen (secondary N) is 1. The Morgan fingerprint density at radius 2 is 1.89 bits per heavy atom. The molecule has 0 bridgehead atoms. The summed E-state index contributed by atoms with van der Waals surface area (Å²) < 4.78 is 1.39. The van der Waals surface area contributed by atoms with Gasteiger partial charge in [-0.3, -0.25) is 15.2 Å². The van der Waals surface area contributed by atoms with Crippen LogP contribution in [0.2, 0.25) is 0 Å². The summed E-state index contributed by atoms with van der Waals surface area (Å²) in [4.78, 5) is 17.2. The highest BCUT2D eigenvalue weighted by molar-refractivity contribution is 7.73. The van der Waals surface area contributed by atoms with E-state index < -0.39 is 5.91 Å². The molecule has 4 rings (SSSR count). The molecule has 2 aromatic carbocycles. The summed E-state index contributed by atoms with van der Waals surface area (Å²) >= 11 is 6.42. The average Bonchev–Trinajstić information content (AvgIpc) is 3.19. The Morgan fingerprint density at radius 3 is 2.70 bits per heavy atom. The van der Waals surface area contributed by atoms with E-state index >= 15 is 0 Å². The second-order valence-corrected chi connectivity index (χ2v) is 7.40. The van der Waals surface area contributed by atoms with E-state index in [1.54, 1.807) is 24.4 Å². The molecular weight excluding hydrogens is 382 g/mol. The SMILES string of the molecule is O=C(Nn1c(O)c(C=C2C=Nc3ccccc32)sc1=S)c1ccccc1O. The number of rotatable bonds is 3. The van der Waals surface area contributed by atoms with Gasteiger partial charge in [-0.05, 0) is 36.5 Å². The molecular formula is C19H13N3O3S2. The lowest BCUT2D eigenvalue weighted by Gasteiger charge is -2.08. The van der Waals surface area contributed by atoms with Crippen molar-refractivity contribution in [2.75, 3.05) is 5.43 Å². The van der Waals surface area contributed by atoms with E-state index in [1.807, 2.05) is 24.3 Å². The highest BCUT2D eigenvalue weighted by Gasteiger charge is 2.18. The molecule has 0 saturated carbocycles. The molecule has 1 aliphatic rings. The maximum atomic E-state index is 12.4. The van der Waals surface area contributed by atoms with Crippen LogP contribution >= 0.6 is 23.6 Å². The predicted molar refractivity (Wildman–Crippen MR) is 109 cm³/mol. The van der Waals surface area contributed by atoms with E-state index in [9.17, 15) is 15.0 Å². The van der Waals surface area contributed by atoms with Crippen molar-refractivity contribution in [1.82, 2.24) is 4.68 Å². The van der Waals surface area contributed by atoms with E-state index in [0.717, 1.165) is 32.8 Å². The second-order valence-electron chi connectivity index (χ2n) is 5.72. The van der Waals surface area contributed by atoms with E-state index in [0.29, 0.717) is 4.88 Å². The topological polar surface area (TPSA) is 86.9 Å². The maximum Gasteiger partial charge on any atom is 0.274 e. The van der Waals surface area contributed by atoms with Crippen molar-refractivity contribution < 1.29 is 15.0 Å². The Bertz CT molecular complexity index is 1170. The third-order valence-electron chi connectivity index (χ3n) is 4.02. The minimum Gasteiger partial charge on any atom is -0.507 e. The van der Waals surface area contributed by atoms with Gasteiger partial charge in [0, 0.05) is 17.4 Å². The molecule has 1 aromatic heterocycles. The number of thiazole rings is 1. The van der Waals surface area contributed by atoms with Gasteiger partial charge in [0.15, 0.2) is 3.95 Å². The van der Waals surface area contributed by atoms with E-state index in [1.165, 1.54) is 12.1 Å². The number of benzene rings is 2. The number of aromatic hydroxyl groups is 2. The first-order chi connectivity index (χ1) is 13.0. The molecule has 2 heterocycles. The fourth-order valence-electron chi connectivity index (χ4n) is 2.70. The van der Waals surface area contributed by atoms with Gasteiger partial charge in [-0.15, -0.1) is 0 Å². The molecule has 0 atom stereocenters. The lowest BCUT2D eigenvalue weighted by atomic mass is 10.1. The highest BCUT2D eigenvalue weighted by atomic mass is 32.1. The van der Waals surface area contributed by atoms with Crippen LogP contribution in [0, 0.1) is 3.95 Å². The van der Waals surface area contributed by atoms with Crippen LogP contribution in [0.1, 0.15) is 20.8 Å². The number of hydrogen-bond donors (Lipinski definition) is 3. The molecule has 0 spiro atoms. The molecule has 0 fully saturated rings. The third kappa shape index (κ3) is 3.16. The van der Waals surface area contributed by atoms with E-state index in [-0.39, 0.29) is 21.1 Å². The maximum absolute atomic E-state index is 12.4. The first-order valence-electron chi connectivity index (χ1n) is 7.94. The molecule has 3 aromatic rings. The van der Waals surface area contributed by atoms with Gasteiger partial charge in [0.25, 0.3) is 5.91 Å². The highest BCUT2D eigenvalue weighted by Crippen LogP contribution is 2.35.